The molecular weight excluding hydrogens is 224 g/mol. The van der Waals surface area contributed by atoms with Gasteiger partial charge in [0.15, 0.2) is 0 Å². The first kappa shape index (κ1) is 13.3. The molecular formula is C16H28S. The molecule has 4 atom stereocenters. The Hall–Kier alpha value is -0.170. The van der Waals surface area contributed by atoms with Gasteiger partial charge < -0.3 is 0 Å². The van der Waals surface area contributed by atoms with Gasteiger partial charge in [-0.05, 0) is 68.5 Å². The third kappa shape index (κ3) is 2.65. The standard InChI is InChI=1S/C16H28S/c1-11-7-8-15-12(2)9-14(10-17(4,5)6)16(15)13(11)3/h7-8,12,14-16H,9-10H2,1-6H3. The van der Waals surface area contributed by atoms with Crippen LogP contribution in [0, 0.1) is 23.7 Å². The first-order chi connectivity index (χ1) is 7.79. The van der Waals surface area contributed by atoms with Crippen molar-refractivity contribution in [2.24, 2.45) is 23.7 Å². The van der Waals surface area contributed by atoms with Crippen LogP contribution in [0.5, 0.6) is 0 Å². The molecule has 1 heteroatoms. The van der Waals surface area contributed by atoms with Crippen molar-refractivity contribution in [1.29, 1.82) is 0 Å². The summed E-state index contributed by atoms with van der Waals surface area (Å²) in [5, 5.41) is 0. The predicted molar refractivity (Wildman–Crippen MR) is 82.0 cm³/mol. The van der Waals surface area contributed by atoms with Gasteiger partial charge in [-0.15, -0.1) is 0 Å². The highest BCUT2D eigenvalue weighted by atomic mass is 32.3. The fourth-order valence-corrected chi connectivity index (χ4v) is 5.49. The minimum atomic E-state index is -0.369. The van der Waals surface area contributed by atoms with Crippen LogP contribution in [0.25, 0.3) is 0 Å². The fraction of sp³-hybridized carbons (Fsp3) is 0.750. The number of hydrogen-bond acceptors (Lipinski definition) is 0. The molecule has 0 bridgehead atoms. The molecule has 0 aromatic rings. The quantitative estimate of drug-likeness (QED) is 0.680. The van der Waals surface area contributed by atoms with Crippen LogP contribution in [0.3, 0.4) is 0 Å². The minimum Gasteiger partial charge on any atom is -0.249 e. The first-order valence-electron chi connectivity index (χ1n) is 6.81. The van der Waals surface area contributed by atoms with Gasteiger partial charge in [-0.3, -0.25) is 0 Å². The number of fused-ring (bicyclic) bond motifs is 1. The van der Waals surface area contributed by atoms with Crippen molar-refractivity contribution in [2.75, 3.05) is 24.5 Å². The summed E-state index contributed by atoms with van der Waals surface area (Å²) in [5.74, 6) is 4.94. The Bertz CT molecular complexity index is 356. The number of hydrogen-bond donors (Lipinski definition) is 0. The van der Waals surface area contributed by atoms with Gasteiger partial charge in [0.1, 0.15) is 0 Å². The second-order valence-electron chi connectivity index (χ2n) is 7.06. The van der Waals surface area contributed by atoms with Crippen molar-refractivity contribution in [3.05, 3.63) is 23.3 Å². The maximum atomic E-state index is 2.50. The maximum Gasteiger partial charge on any atom is -0.00989 e. The monoisotopic (exact) mass is 252 g/mol. The van der Waals surface area contributed by atoms with Gasteiger partial charge in [0.2, 0.25) is 0 Å². The highest BCUT2D eigenvalue weighted by Gasteiger charge is 2.42. The summed E-state index contributed by atoms with van der Waals surface area (Å²) < 4.78 is 0. The molecule has 0 saturated heterocycles. The first-order valence-corrected chi connectivity index (χ1v) is 9.84. The van der Waals surface area contributed by atoms with E-state index in [4.69, 9.17) is 0 Å². The summed E-state index contributed by atoms with van der Waals surface area (Å²) in [7, 11) is -0.369. The molecule has 0 aromatic carbocycles. The van der Waals surface area contributed by atoms with E-state index in [1.54, 1.807) is 5.57 Å². The Labute approximate surface area is 109 Å². The zero-order chi connectivity index (χ0) is 12.8. The molecule has 0 aromatic heterocycles. The van der Waals surface area contributed by atoms with E-state index in [9.17, 15) is 0 Å². The molecule has 4 unspecified atom stereocenters. The summed E-state index contributed by atoms with van der Waals surface area (Å²) in [6.07, 6.45) is 13.7. The average Bonchev–Trinajstić information content (AvgIpc) is 2.47. The molecule has 0 radical (unpaired) electrons. The Morgan fingerprint density at radius 1 is 1.24 bits per heavy atom. The van der Waals surface area contributed by atoms with Gasteiger partial charge in [-0.25, -0.2) is 10.0 Å². The highest BCUT2D eigenvalue weighted by molar-refractivity contribution is 8.32. The SMILES string of the molecule is CC1=C(C)C2C(CS(C)(C)C)CC(C)C2C=C1. The van der Waals surface area contributed by atoms with Crippen LogP contribution in [0.1, 0.15) is 27.2 Å². The largest absolute Gasteiger partial charge is 0.249 e. The van der Waals surface area contributed by atoms with Crippen LogP contribution in [0.4, 0.5) is 0 Å². The summed E-state index contributed by atoms with van der Waals surface area (Å²) in [4.78, 5) is 0. The van der Waals surface area contributed by atoms with Gasteiger partial charge in [0, 0.05) is 0 Å². The van der Waals surface area contributed by atoms with Gasteiger partial charge >= 0.3 is 0 Å². The molecule has 2 aliphatic rings. The topological polar surface area (TPSA) is 0 Å². The molecule has 0 spiro atoms. The molecule has 1 saturated carbocycles. The summed E-state index contributed by atoms with van der Waals surface area (Å²) in [6.45, 7) is 7.11. The van der Waals surface area contributed by atoms with Crippen LogP contribution in [-0.4, -0.2) is 24.5 Å². The van der Waals surface area contributed by atoms with Gasteiger partial charge in [0.05, 0.1) is 0 Å². The van der Waals surface area contributed by atoms with Crippen molar-refractivity contribution >= 4 is 10.0 Å². The molecule has 2 rings (SSSR count). The Kier molecular flexibility index (Phi) is 3.51. The van der Waals surface area contributed by atoms with Crippen molar-refractivity contribution < 1.29 is 0 Å². The van der Waals surface area contributed by atoms with E-state index < -0.39 is 0 Å². The third-order valence-corrected chi connectivity index (χ3v) is 6.09. The lowest BCUT2D eigenvalue weighted by Gasteiger charge is -2.35. The van der Waals surface area contributed by atoms with E-state index >= 15 is 0 Å². The highest BCUT2D eigenvalue weighted by Crippen LogP contribution is 2.53. The lowest BCUT2D eigenvalue weighted by Crippen LogP contribution is -2.23. The lowest BCUT2D eigenvalue weighted by atomic mass is 9.77. The van der Waals surface area contributed by atoms with Gasteiger partial charge in [0.25, 0.3) is 0 Å². The Balaban J connectivity index is 2.24. The lowest BCUT2D eigenvalue weighted by molar-refractivity contribution is 0.405. The molecule has 0 N–H and O–H groups in total. The van der Waals surface area contributed by atoms with Gasteiger partial charge in [-0.2, -0.15) is 0 Å². The van der Waals surface area contributed by atoms with Crippen molar-refractivity contribution in [1.82, 2.24) is 0 Å². The summed E-state index contributed by atoms with van der Waals surface area (Å²) in [5.41, 5.74) is 3.20. The summed E-state index contributed by atoms with van der Waals surface area (Å²) >= 11 is 0. The van der Waals surface area contributed by atoms with E-state index in [0.29, 0.717) is 0 Å². The molecule has 1 fully saturated rings. The average molecular weight is 252 g/mol. The van der Waals surface area contributed by atoms with Crippen LogP contribution >= 0.6 is 10.0 Å². The zero-order valence-electron chi connectivity index (χ0n) is 12.3. The maximum absolute atomic E-state index is 2.50. The zero-order valence-corrected chi connectivity index (χ0v) is 13.1. The minimum absolute atomic E-state index is 0.369. The Morgan fingerprint density at radius 3 is 2.47 bits per heavy atom. The predicted octanol–water partition coefficient (Wildman–Crippen LogP) is 4.48. The smallest absolute Gasteiger partial charge is 0.00989 e. The summed E-state index contributed by atoms with van der Waals surface area (Å²) in [6, 6.07) is 0. The van der Waals surface area contributed by atoms with E-state index in [-0.39, 0.29) is 10.0 Å². The van der Waals surface area contributed by atoms with Crippen molar-refractivity contribution in [3.63, 3.8) is 0 Å². The molecule has 17 heavy (non-hydrogen) atoms. The van der Waals surface area contributed by atoms with Gasteiger partial charge in [-0.1, -0.05) is 30.2 Å². The van der Waals surface area contributed by atoms with E-state index in [1.807, 2.05) is 0 Å². The van der Waals surface area contributed by atoms with Crippen LogP contribution in [-0.2, 0) is 0 Å². The normalized spacial score (nSPS) is 38.5. The van der Waals surface area contributed by atoms with E-state index in [1.165, 1.54) is 17.7 Å². The van der Waals surface area contributed by atoms with E-state index in [0.717, 1.165) is 23.7 Å². The van der Waals surface area contributed by atoms with Crippen molar-refractivity contribution in [3.8, 4) is 0 Å². The van der Waals surface area contributed by atoms with Crippen LogP contribution in [0.15, 0.2) is 23.3 Å². The molecule has 0 amide bonds. The number of rotatable bonds is 2. The van der Waals surface area contributed by atoms with Crippen molar-refractivity contribution in [2.45, 2.75) is 27.2 Å². The molecule has 2 aliphatic carbocycles. The molecule has 98 valence electrons. The van der Waals surface area contributed by atoms with Crippen LogP contribution in [0.2, 0.25) is 0 Å². The van der Waals surface area contributed by atoms with E-state index in [2.05, 4.69) is 51.7 Å². The molecule has 0 heterocycles. The third-order valence-electron chi connectivity index (χ3n) is 4.66. The second kappa shape index (κ2) is 4.50. The molecule has 0 aliphatic heterocycles. The Morgan fingerprint density at radius 2 is 1.88 bits per heavy atom. The van der Waals surface area contributed by atoms with Crippen LogP contribution < -0.4 is 0 Å². The fourth-order valence-electron chi connectivity index (χ4n) is 3.86. The number of allylic oxidation sites excluding steroid dienone is 4. The second-order valence-corrected chi connectivity index (χ2v) is 11.6. The molecule has 0 nitrogen and oxygen atoms in total.